The summed E-state index contributed by atoms with van der Waals surface area (Å²) in [5.74, 6) is 1.37. The van der Waals surface area contributed by atoms with Crippen LogP contribution in [-0.2, 0) is 13.1 Å². The van der Waals surface area contributed by atoms with Crippen molar-refractivity contribution in [3.8, 4) is 23.6 Å². The Morgan fingerprint density at radius 3 is 2.52 bits per heavy atom. The monoisotopic (exact) mass is 335 g/mol. The first kappa shape index (κ1) is 18.3. The molecule has 0 heterocycles. The van der Waals surface area contributed by atoms with Crippen LogP contribution in [0, 0.1) is 22.7 Å². The molecule has 0 aromatic heterocycles. The normalized spacial score (nSPS) is 9.88. The molecule has 0 saturated heterocycles. The SMILES string of the molecule is COc1ccc(CNCc2cccc(C#N)c2)cc1OCCCC#N. The third-order valence-corrected chi connectivity index (χ3v) is 3.63. The van der Waals surface area contributed by atoms with Gasteiger partial charge in [-0.15, -0.1) is 0 Å². The van der Waals surface area contributed by atoms with E-state index in [1.54, 1.807) is 13.2 Å². The van der Waals surface area contributed by atoms with Gasteiger partial charge < -0.3 is 14.8 Å². The van der Waals surface area contributed by atoms with Gasteiger partial charge in [0, 0.05) is 19.5 Å². The van der Waals surface area contributed by atoms with Crippen LogP contribution in [0.4, 0.5) is 0 Å². The molecule has 2 rings (SSSR count). The number of methoxy groups -OCH3 is 1. The van der Waals surface area contributed by atoms with Crippen LogP contribution in [0.25, 0.3) is 0 Å². The van der Waals surface area contributed by atoms with Crippen LogP contribution in [0.2, 0.25) is 0 Å². The maximum Gasteiger partial charge on any atom is 0.161 e. The van der Waals surface area contributed by atoms with Crippen molar-refractivity contribution < 1.29 is 9.47 Å². The van der Waals surface area contributed by atoms with Gasteiger partial charge in [-0.3, -0.25) is 0 Å². The maximum atomic E-state index is 8.94. The summed E-state index contributed by atoms with van der Waals surface area (Å²) >= 11 is 0. The quantitative estimate of drug-likeness (QED) is 0.709. The van der Waals surface area contributed by atoms with E-state index in [4.69, 9.17) is 20.0 Å². The fraction of sp³-hybridized carbons (Fsp3) is 0.300. The smallest absolute Gasteiger partial charge is 0.161 e. The number of nitrogens with zero attached hydrogens (tertiary/aromatic N) is 2. The van der Waals surface area contributed by atoms with Crippen LogP contribution in [-0.4, -0.2) is 13.7 Å². The summed E-state index contributed by atoms with van der Waals surface area (Å²) < 4.78 is 11.0. The number of rotatable bonds is 9. The van der Waals surface area contributed by atoms with Gasteiger partial charge in [-0.2, -0.15) is 10.5 Å². The van der Waals surface area contributed by atoms with Gasteiger partial charge in [0.2, 0.25) is 0 Å². The summed E-state index contributed by atoms with van der Waals surface area (Å²) in [6, 6.07) is 17.6. The predicted octanol–water partition coefficient (Wildman–Crippen LogP) is 3.54. The van der Waals surface area contributed by atoms with Crippen molar-refractivity contribution in [1.29, 1.82) is 10.5 Å². The van der Waals surface area contributed by atoms with Crippen molar-refractivity contribution in [3.63, 3.8) is 0 Å². The van der Waals surface area contributed by atoms with Gasteiger partial charge in [-0.1, -0.05) is 18.2 Å². The van der Waals surface area contributed by atoms with Gasteiger partial charge in [0.25, 0.3) is 0 Å². The highest BCUT2D eigenvalue weighted by molar-refractivity contribution is 5.43. The molecule has 0 aliphatic heterocycles. The molecule has 2 aromatic carbocycles. The predicted molar refractivity (Wildman–Crippen MR) is 95.0 cm³/mol. The Bertz CT molecular complexity index is 775. The molecule has 0 aliphatic carbocycles. The van der Waals surface area contributed by atoms with E-state index >= 15 is 0 Å². The molecule has 0 atom stereocenters. The summed E-state index contributed by atoms with van der Waals surface area (Å²) in [7, 11) is 1.61. The second-order valence-corrected chi connectivity index (χ2v) is 5.51. The molecule has 5 heteroatoms. The topological polar surface area (TPSA) is 78.1 Å². The van der Waals surface area contributed by atoms with E-state index in [1.807, 2.05) is 36.4 Å². The highest BCUT2D eigenvalue weighted by Crippen LogP contribution is 2.28. The molecule has 0 aliphatic rings. The molecule has 128 valence electrons. The lowest BCUT2D eigenvalue weighted by Gasteiger charge is -2.12. The zero-order valence-corrected chi connectivity index (χ0v) is 14.3. The van der Waals surface area contributed by atoms with Crippen molar-refractivity contribution in [1.82, 2.24) is 5.32 Å². The Morgan fingerprint density at radius 2 is 1.80 bits per heavy atom. The highest BCUT2D eigenvalue weighted by atomic mass is 16.5. The van der Waals surface area contributed by atoms with Crippen molar-refractivity contribution in [2.24, 2.45) is 0 Å². The second kappa shape index (κ2) is 9.97. The number of hydrogen-bond donors (Lipinski definition) is 1. The Balaban J connectivity index is 1.92. The molecule has 0 fully saturated rings. The van der Waals surface area contributed by atoms with Gasteiger partial charge in [0.1, 0.15) is 0 Å². The fourth-order valence-electron chi connectivity index (χ4n) is 2.38. The van der Waals surface area contributed by atoms with Crippen LogP contribution in [0.5, 0.6) is 11.5 Å². The van der Waals surface area contributed by atoms with Crippen molar-refractivity contribution in [2.75, 3.05) is 13.7 Å². The number of ether oxygens (including phenoxy) is 2. The minimum atomic E-state index is 0.478. The largest absolute Gasteiger partial charge is 0.493 e. The molecule has 0 unspecified atom stereocenters. The van der Waals surface area contributed by atoms with E-state index in [1.165, 1.54) is 0 Å². The van der Waals surface area contributed by atoms with Gasteiger partial charge in [0.15, 0.2) is 11.5 Å². The van der Waals surface area contributed by atoms with Crippen molar-refractivity contribution in [2.45, 2.75) is 25.9 Å². The summed E-state index contributed by atoms with van der Waals surface area (Å²) in [4.78, 5) is 0. The van der Waals surface area contributed by atoms with Crippen LogP contribution < -0.4 is 14.8 Å². The average Bonchev–Trinajstić information content (AvgIpc) is 2.65. The van der Waals surface area contributed by atoms with Crippen LogP contribution in [0.3, 0.4) is 0 Å². The van der Waals surface area contributed by atoms with E-state index in [2.05, 4.69) is 17.5 Å². The molecular formula is C20H21N3O2. The van der Waals surface area contributed by atoms with E-state index in [-0.39, 0.29) is 0 Å². The lowest BCUT2D eigenvalue weighted by Crippen LogP contribution is -2.13. The van der Waals surface area contributed by atoms with E-state index in [0.717, 1.165) is 11.1 Å². The zero-order chi connectivity index (χ0) is 17.9. The maximum absolute atomic E-state index is 8.94. The molecule has 0 radical (unpaired) electrons. The van der Waals surface area contributed by atoms with Gasteiger partial charge in [-0.25, -0.2) is 0 Å². The van der Waals surface area contributed by atoms with Crippen LogP contribution in [0.15, 0.2) is 42.5 Å². The number of hydrogen-bond acceptors (Lipinski definition) is 5. The number of unbranched alkanes of at least 4 members (excludes halogenated alkanes) is 1. The van der Waals surface area contributed by atoms with Gasteiger partial charge >= 0.3 is 0 Å². The Labute approximate surface area is 148 Å². The Hall–Kier alpha value is -3.02. The first-order valence-electron chi connectivity index (χ1n) is 8.13. The minimum Gasteiger partial charge on any atom is -0.493 e. The minimum absolute atomic E-state index is 0.478. The van der Waals surface area contributed by atoms with Crippen LogP contribution in [0.1, 0.15) is 29.5 Å². The number of nitrogens with one attached hydrogen (secondary N) is 1. The van der Waals surface area contributed by atoms with Crippen LogP contribution >= 0.6 is 0 Å². The van der Waals surface area contributed by atoms with Gasteiger partial charge in [-0.05, 0) is 41.8 Å². The first-order valence-corrected chi connectivity index (χ1v) is 8.13. The van der Waals surface area contributed by atoms with Crippen molar-refractivity contribution >= 4 is 0 Å². The molecule has 25 heavy (non-hydrogen) atoms. The summed E-state index contributed by atoms with van der Waals surface area (Å²) in [6.07, 6.45) is 1.17. The highest BCUT2D eigenvalue weighted by Gasteiger charge is 2.06. The van der Waals surface area contributed by atoms with E-state index < -0.39 is 0 Å². The lowest BCUT2D eigenvalue weighted by molar-refractivity contribution is 0.290. The number of benzene rings is 2. The van der Waals surface area contributed by atoms with E-state index in [0.29, 0.717) is 49.6 Å². The summed E-state index contributed by atoms with van der Waals surface area (Å²) in [5.41, 5.74) is 2.81. The second-order valence-electron chi connectivity index (χ2n) is 5.51. The molecule has 0 bridgehead atoms. The average molecular weight is 335 g/mol. The lowest BCUT2D eigenvalue weighted by atomic mass is 10.1. The summed E-state index contributed by atoms with van der Waals surface area (Å²) in [6.45, 7) is 1.84. The Morgan fingerprint density at radius 1 is 1.00 bits per heavy atom. The molecular weight excluding hydrogens is 314 g/mol. The standard InChI is InChI=1S/C20H21N3O2/c1-24-19-8-7-18(12-20(19)25-10-3-2-9-21)15-23-14-17-6-4-5-16(11-17)13-22/h4-8,11-12,23H,2-3,10,14-15H2,1H3. The molecule has 1 N–H and O–H groups in total. The van der Waals surface area contributed by atoms with Crippen molar-refractivity contribution in [3.05, 3.63) is 59.2 Å². The first-order chi connectivity index (χ1) is 12.3. The molecule has 5 nitrogen and oxygen atoms in total. The van der Waals surface area contributed by atoms with Gasteiger partial charge in [0.05, 0.1) is 31.4 Å². The third kappa shape index (κ3) is 5.84. The third-order valence-electron chi connectivity index (χ3n) is 3.63. The number of nitriles is 2. The molecule has 0 spiro atoms. The fourth-order valence-corrected chi connectivity index (χ4v) is 2.38. The summed E-state index contributed by atoms with van der Waals surface area (Å²) in [5, 5.41) is 20.9. The van der Waals surface area contributed by atoms with E-state index in [9.17, 15) is 0 Å². The molecule has 2 aromatic rings. The zero-order valence-electron chi connectivity index (χ0n) is 14.3. The molecule has 0 amide bonds. The Kier molecular flexibility index (Phi) is 7.31. The molecule has 0 saturated carbocycles.